The lowest BCUT2D eigenvalue weighted by Crippen LogP contribution is -2.13. The molecular formula is C13H18O2. The zero-order valence-electron chi connectivity index (χ0n) is 9.62. The first-order chi connectivity index (χ1) is 7.09. The van der Waals surface area contributed by atoms with E-state index in [1.807, 2.05) is 13.8 Å². The highest BCUT2D eigenvalue weighted by molar-refractivity contribution is 5.71. The SMILES string of the molecule is Cc1ccc(CCOC(=O)C(C)C)cc1. The molecule has 1 rings (SSSR count). The molecular weight excluding hydrogens is 188 g/mol. The third kappa shape index (κ3) is 4.15. The van der Waals surface area contributed by atoms with E-state index in [0.717, 1.165) is 6.42 Å². The number of ether oxygens (including phenoxy) is 1. The van der Waals surface area contributed by atoms with Crippen LogP contribution in [0.5, 0.6) is 0 Å². The molecule has 0 heterocycles. The minimum absolute atomic E-state index is 0.0389. The molecule has 0 saturated carbocycles. The van der Waals surface area contributed by atoms with Crippen molar-refractivity contribution in [3.63, 3.8) is 0 Å². The Kier molecular flexibility index (Phi) is 4.35. The van der Waals surface area contributed by atoms with Crippen molar-refractivity contribution in [2.75, 3.05) is 6.61 Å². The van der Waals surface area contributed by atoms with Gasteiger partial charge in [0.05, 0.1) is 12.5 Å². The van der Waals surface area contributed by atoms with Gasteiger partial charge >= 0.3 is 5.97 Å². The van der Waals surface area contributed by atoms with Crippen LogP contribution in [0.15, 0.2) is 24.3 Å². The monoisotopic (exact) mass is 206 g/mol. The van der Waals surface area contributed by atoms with E-state index in [9.17, 15) is 4.79 Å². The van der Waals surface area contributed by atoms with Gasteiger partial charge in [0.1, 0.15) is 0 Å². The van der Waals surface area contributed by atoms with E-state index < -0.39 is 0 Å². The van der Waals surface area contributed by atoms with E-state index in [1.54, 1.807) is 0 Å². The lowest BCUT2D eigenvalue weighted by molar-refractivity contribution is -0.147. The number of benzene rings is 1. The van der Waals surface area contributed by atoms with Crippen LogP contribution in [0.3, 0.4) is 0 Å². The van der Waals surface area contributed by atoms with Crippen molar-refractivity contribution < 1.29 is 9.53 Å². The van der Waals surface area contributed by atoms with Crippen LogP contribution in [0.1, 0.15) is 25.0 Å². The molecule has 0 aromatic heterocycles. The Morgan fingerprint density at radius 2 is 1.87 bits per heavy atom. The highest BCUT2D eigenvalue weighted by atomic mass is 16.5. The van der Waals surface area contributed by atoms with E-state index in [4.69, 9.17) is 4.74 Å². The van der Waals surface area contributed by atoms with Crippen LogP contribution in [-0.4, -0.2) is 12.6 Å². The molecule has 1 aromatic rings. The van der Waals surface area contributed by atoms with Gasteiger partial charge in [0.15, 0.2) is 0 Å². The Bertz CT molecular complexity index is 312. The largest absolute Gasteiger partial charge is 0.465 e. The maximum atomic E-state index is 11.2. The summed E-state index contributed by atoms with van der Waals surface area (Å²) in [5, 5.41) is 0. The number of hydrogen-bond donors (Lipinski definition) is 0. The molecule has 0 unspecified atom stereocenters. The van der Waals surface area contributed by atoms with E-state index in [1.165, 1.54) is 11.1 Å². The number of carbonyl (C=O) groups excluding carboxylic acids is 1. The second-order valence-electron chi connectivity index (χ2n) is 4.06. The van der Waals surface area contributed by atoms with Gasteiger partial charge in [-0.25, -0.2) is 0 Å². The molecule has 2 nitrogen and oxygen atoms in total. The van der Waals surface area contributed by atoms with Crippen LogP contribution in [0.4, 0.5) is 0 Å². The molecule has 0 radical (unpaired) electrons. The van der Waals surface area contributed by atoms with Crippen LogP contribution in [0, 0.1) is 12.8 Å². The molecule has 15 heavy (non-hydrogen) atoms. The van der Waals surface area contributed by atoms with Crippen LogP contribution in [0.2, 0.25) is 0 Å². The molecule has 0 bridgehead atoms. The number of aryl methyl sites for hydroxylation is 1. The molecule has 0 N–H and O–H groups in total. The van der Waals surface area contributed by atoms with Gasteiger partial charge < -0.3 is 4.74 Å². The van der Waals surface area contributed by atoms with Crippen LogP contribution >= 0.6 is 0 Å². The first-order valence-electron chi connectivity index (χ1n) is 5.32. The Balaban J connectivity index is 2.32. The Hall–Kier alpha value is -1.31. The average Bonchev–Trinajstić information content (AvgIpc) is 2.20. The van der Waals surface area contributed by atoms with E-state index in [-0.39, 0.29) is 11.9 Å². The zero-order chi connectivity index (χ0) is 11.3. The second-order valence-corrected chi connectivity index (χ2v) is 4.06. The van der Waals surface area contributed by atoms with Crippen molar-refractivity contribution in [2.45, 2.75) is 27.2 Å². The molecule has 0 aliphatic rings. The summed E-state index contributed by atoms with van der Waals surface area (Å²) >= 11 is 0. The average molecular weight is 206 g/mol. The molecule has 0 amide bonds. The maximum absolute atomic E-state index is 11.2. The molecule has 0 aliphatic heterocycles. The standard InChI is InChI=1S/C13H18O2/c1-10(2)13(14)15-9-8-12-6-4-11(3)5-7-12/h4-7,10H,8-9H2,1-3H3. The fourth-order valence-corrected chi connectivity index (χ4v) is 1.19. The van der Waals surface area contributed by atoms with Gasteiger partial charge in [-0.15, -0.1) is 0 Å². The lowest BCUT2D eigenvalue weighted by Gasteiger charge is -2.07. The van der Waals surface area contributed by atoms with Crippen molar-refractivity contribution in [3.8, 4) is 0 Å². The van der Waals surface area contributed by atoms with Gasteiger partial charge in [0.2, 0.25) is 0 Å². The molecule has 0 fully saturated rings. The zero-order valence-corrected chi connectivity index (χ0v) is 9.62. The van der Waals surface area contributed by atoms with Crippen molar-refractivity contribution >= 4 is 5.97 Å². The Morgan fingerprint density at radius 3 is 2.40 bits per heavy atom. The summed E-state index contributed by atoms with van der Waals surface area (Å²) in [4.78, 5) is 11.2. The maximum Gasteiger partial charge on any atom is 0.308 e. The smallest absolute Gasteiger partial charge is 0.308 e. The van der Waals surface area contributed by atoms with E-state index in [2.05, 4.69) is 31.2 Å². The topological polar surface area (TPSA) is 26.3 Å². The fraction of sp³-hybridized carbons (Fsp3) is 0.462. The predicted octanol–water partition coefficient (Wildman–Crippen LogP) is 2.74. The number of esters is 1. The van der Waals surface area contributed by atoms with Gasteiger partial charge in [-0.05, 0) is 12.5 Å². The summed E-state index contributed by atoms with van der Waals surface area (Å²) in [7, 11) is 0. The van der Waals surface area contributed by atoms with Crippen molar-refractivity contribution in [3.05, 3.63) is 35.4 Å². The highest BCUT2D eigenvalue weighted by Gasteiger charge is 2.07. The fourth-order valence-electron chi connectivity index (χ4n) is 1.19. The number of hydrogen-bond acceptors (Lipinski definition) is 2. The molecule has 82 valence electrons. The van der Waals surface area contributed by atoms with Gasteiger partial charge in [0, 0.05) is 6.42 Å². The van der Waals surface area contributed by atoms with Gasteiger partial charge in [0.25, 0.3) is 0 Å². The molecule has 2 heteroatoms. The van der Waals surface area contributed by atoms with Gasteiger partial charge in [-0.1, -0.05) is 43.7 Å². The highest BCUT2D eigenvalue weighted by Crippen LogP contribution is 2.04. The van der Waals surface area contributed by atoms with Crippen LogP contribution in [-0.2, 0) is 16.0 Å². The molecule has 0 spiro atoms. The summed E-state index contributed by atoms with van der Waals surface area (Å²) in [6, 6.07) is 8.27. The van der Waals surface area contributed by atoms with Crippen LogP contribution < -0.4 is 0 Å². The minimum Gasteiger partial charge on any atom is -0.465 e. The first kappa shape index (κ1) is 11.8. The third-order valence-corrected chi connectivity index (χ3v) is 2.23. The summed E-state index contributed by atoms with van der Waals surface area (Å²) in [5.74, 6) is -0.162. The quantitative estimate of drug-likeness (QED) is 0.708. The second kappa shape index (κ2) is 5.54. The Morgan fingerprint density at radius 1 is 1.27 bits per heavy atom. The molecule has 0 atom stereocenters. The van der Waals surface area contributed by atoms with Crippen LogP contribution in [0.25, 0.3) is 0 Å². The molecule has 0 aliphatic carbocycles. The van der Waals surface area contributed by atoms with Crippen molar-refractivity contribution in [2.24, 2.45) is 5.92 Å². The van der Waals surface area contributed by atoms with E-state index >= 15 is 0 Å². The van der Waals surface area contributed by atoms with Gasteiger partial charge in [-0.2, -0.15) is 0 Å². The third-order valence-electron chi connectivity index (χ3n) is 2.23. The number of rotatable bonds is 4. The first-order valence-corrected chi connectivity index (χ1v) is 5.32. The summed E-state index contributed by atoms with van der Waals surface area (Å²) < 4.78 is 5.10. The van der Waals surface area contributed by atoms with Crippen molar-refractivity contribution in [1.29, 1.82) is 0 Å². The Labute approximate surface area is 91.3 Å². The molecule has 0 saturated heterocycles. The summed E-state index contributed by atoms with van der Waals surface area (Å²) in [5.41, 5.74) is 2.45. The number of carbonyl (C=O) groups is 1. The lowest BCUT2D eigenvalue weighted by atomic mass is 10.1. The van der Waals surface area contributed by atoms with Crippen molar-refractivity contribution in [1.82, 2.24) is 0 Å². The summed E-state index contributed by atoms with van der Waals surface area (Å²) in [6.07, 6.45) is 0.790. The summed E-state index contributed by atoms with van der Waals surface area (Å²) in [6.45, 7) is 6.21. The predicted molar refractivity (Wildman–Crippen MR) is 60.7 cm³/mol. The minimum atomic E-state index is -0.123. The van der Waals surface area contributed by atoms with E-state index in [0.29, 0.717) is 6.61 Å². The molecule has 1 aromatic carbocycles. The van der Waals surface area contributed by atoms with Gasteiger partial charge in [-0.3, -0.25) is 4.79 Å². The normalized spacial score (nSPS) is 10.4.